The number of aromatic amines is 1. The molecule has 7 nitrogen and oxygen atoms in total. The van der Waals surface area contributed by atoms with E-state index in [-0.39, 0.29) is 11.8 Å². The average molecular weight is 357 g/mol. The van der Waals surface area contributed by atoms with Crippen LogP contribution in [0.1, 0.15) is 20.7 Å². The van der Waals surface area contributed by atoms with E-state index in [1.807, 2.05) is 0 Å². The summed E-state index contributed by atoms with van der Waals surface area (Å²) in [4.78, 5) is 35.8. The van der Waals surface area contributed by atoms with E-state index in [9.17, 15) is 9.59 Å². The van der Waals surface area contributed by atoms with Crippen LogP contribution in [0.15, 0.2) is 73.3 Å². The van der Waals surface area contributed by atoms with Gasteiger partial charge in [0.15, 0.2) is 0 Å². The van der Waals surface area contributed by atoms with Gasteiger partial charge in [-0.2, -0.15) is 0 Å². The highest BCUT2D eigenvalue weighted by Crippen LogP contribution is 2.18. The van der Waals surface area contributed by atoms with E-state index in [1.54, 1.807) is 67.1 Å². The summed E-state index contributed by atoms with van der Waals surface area (Å²) in [5.74, 6) is -0.515. The SMILES string of the molecule is O=C(Nc1cccc(NC(=O)c2ccc3nc[nH]c3c2)c1)c1cccnc1. The minimum absolute atomic E-state index is 0.248. The monoisotopic (exact) mass is 357 g/mol. The number of carbonyl (C=O) groups is 2. The van der Waals surface area contributed by atoms with Crippen molar-refractivity contribution in [2.45, 2.75) is 0 Å². The third-order valence-electron chi connectivity index (χ3n) is 3.98. The van der Waals surface area contributed by atoms with E-state index in [1.165, 1.54) is 6.20 Å². The van der Waals surface area contributed by atoms with Crippen LogP contribution >= 0.6 is 0 Å². The number of carbonyl (C=O) groups excluding carboxylic acids is 2. The second-order valence-corrected chi connectivity index (χ2v) is 5.87. The van der Waals surface area contributed by atoms with E-state index < -0.39 is 0 Å². The molecule has 0 aliphatic heterocycles. The van der Waals surface area contributed by atoms with Gasteiger partial charge in [0.05, 0.1) is 22.9 Å². The van der Waals surface area contributed by atoms with Crippen LogP contribution in [0.4, 0.5) is 11.4 Å². The fourth-order valence-corrected chi connectivity index (χ4v) is 2.66. The van der Waals surface area contributed by atoms with Gasteiger partial charge in [-0.1, -0.05) is 6.07 Å². The van der Waals surface area contributed by atoms with Crippen molar-refractivity contribution in [3.8, 4) is 0 Å². The number of anilines is 2. The molecule has 0 radical (unpaired) electrons. The molecule has 0 aliphatic rings. The van der Waals surface area contributed by atoms with Gasteiger partial charge in [-0.15, -0.1) is 0 Å². The quantitative estimate of drug-likeness (QED) is 0.521. The first kappa shape index (κ1) is 16.5. The Hall–Kier alpha value is -4.00. The maximum atomic E-state index is 12.5. The Labute approximate surface area is 154 Å². The molecule has 0 saturated carbocycles. The first-order chi connectivity index (χ1) is 13.2. The smallest absolute Gasteiger partial charge is 0.257 e. The van der Waals surface area contributed by atoms with Gasteiger partial charge in [0.25, 0.3) is 11.8 Å². The molecule has 0 unspecified atom stereocenters. The highest BCUT2D eigenvalue weighted by molar-refractivity contribution is 6.07. The van der Waals surface area contributed by atoms with E-state index in [2.05, 4.69) is 25.6 Å². The number of H-pyrrole nitrogens is 1. The number of hydrogen-bond acceptors (Lipinski definition) is 4. The standard InChI is InChI=1S/C20H15N5O2/c26-19(13-6-7-17-18(9-13)23-12-22-17)24-15-4-1-5-16(10-15)25-20(27)14-3-2-8-21-11-14/h1-12H,(H,22,23)(H,24,26)(H,25,27). The predicted octanol–water partition coefficient (Wildman–Crippen LogP) is 3.46. The minimum atomic E-state index is -0.267. The second kappa shape index (κ2) is 7.09. The molecule has 2 heterocycles. The van der Waals surface area contributed by atoms with Crippen molar-refractivity contribution in [1.82, 2.24) is 15.0 Å². The van der Waals surface area contributed by atoms with Crippen molar-refractivity contribution in [3.63, 3.8) is 0 Å². The van der Waals surface area contributed by atoms with Crippen molar-refractivity contribution >= 4 is 34.2 Å². The van der Waals surface area contributed by atoms with Crippen molar-refractivity contribution in [2.75, 3.05) is 10.6 Å². The van der Waals surface area contributed by atoms with Crippen LogP contribution in [0.3, 0.4) is 0 Å². The third kappa shape index (κ3) is 3.67. The van der Waals surface area contributed by atoms with E-state index in [0.29, 0.717) is 22.5 Å². The van der Waals surface area contributed by atoms with Crippen LogP contribution in [-0.4, -0.2) is 26.8 Å². The van der Waals surface area contributed by atoms with Crippen LogP contribution in [0, 0.1) is 0 Å². The fourth-order valence-electron chi connectivity index (χ4n) is 2.66. The van der Waals surface area contributed by atoms with Gasteiger partial charge in [0.2, 0.25) is 0 Å². The molecule has 0 spiro atoms. The number of imidazole rings is 1. The Balaban J connectivity index is 1.48. The molecule has 2 aromatic heterocycles. The highest BCUT2D eigenvalue weighted by Gasteiger charge is 2.10. The molecule has 3 N–H and O–H groups in total. The molecule has 27 heavy (non-hydrogen) atoms. The van der Waals surface area contributed by atoms with Crippen LogP contribution in [-0.2, 0) is 0 Å². The van der Waals surface area contributed by atoms with Crippen molar-refractivity contribution in [2.24, 2.45) is 0 Å². The lowest BCUT2D eigenvalue weighted by atomic mass is 10.2. The lowest BCUT2D eigenvalue weighted by Gasteiger charge is -2.09. The van der Waals surface area contributed by atoms with E-state index in [0.717, 1.165) is 11.0 Å². The Kier molecular flexibility index (Phi) is 4.32. The molecule has 0 bridgehead atoms. The minimum Gasteiger partial charge on any atom is -0.345 e. The van der Waals surface area contributed by atoms with Gasteiger partial charge >= 0.3 is 0 Å². The molecule has 7 heteroatoms. The Morgan fingerprint density at radius 2 is 1.63 bits per heavy atom. The zero-order chi connectivity index (χ0) is 18.6. The lowest BCUT2D eigenvalue weighted by Crippen LogP contribution is -2.14. The number of nitrogens with zero attached hydrogens (tertiary/aromatic N) is 2. The van der Waals surface area contributed by atoms with Crippen LogP contribution in [0.25, 0.3) is 11.0 Å². The molecule has 0 atom stereocenters. The fraction of sp³-hybridized carbons (Fsp3) is 0. The van der Waals surface area contributed by atoms with Crippen LogP contribution < -0.4 is 10.6 Å². The normalized spacial score (nSPS) is 10.5. The van der Waals surface area contributed by atoms with E-state index >= 15 is 0 Å². The van der Waals surface area contributed by atoms with Crippen molar-refractivity contribution in [1.29, 1.82) is 0 Å². The molecule has 0 aliphatic carbocycles. The molecule has 132 valence electrons. The first-order valence-corrected chi connectivity index (χ1v) is 8.25. The summed E-state index contributed by atoms with van der Waals surface area (Å²) in [5, 5.41) is 5.62. The lowest BCUT2D eigenvalue weighted by molar-refractivity contribution is 0.101. The van der Waals surface area contributed by atoms with Gasteiger partial charge < -0.3 is 15.6 Å². The van der Waals surface area contributed by atoms with Gasteiger partial charge in [-0.25, -0.2) is 4.98 Å². The summed E-state index contributed by atoms with van der Waals surface area (Å²) in [6.07, 6.45) is 4.68. The largest absolute Gasteiger partial charge is 0.345 e. The Morgan fingerprint density at radius 1 is 0.852 bits per heavy atom. The summed E-state index contributed by atoms with van der Waals surface area (Å²) in [5.41, 5.74) is 3.71. The Morgan fingerprint density at radius 3 is 2.37 bits per heavy atom. The summed E-state index contributed by atoms with van der Waals surface area (Å²) in [7, 11) is 0. The number of fused-ring (bicyclic) bond motifs is 1. The van der Waals surface area contributed by atoms with Gasteiger partial charge in [0.1, 0.15) is 0 Å². The zero-order valence-electron chi connectivity index (χ0n) is 14.1. The maximum Gasteiger partial charge on any atom is 0.257 e. The molecule has 2 aromatic carbocycles. The number of amides is 2. The molecule has 2 amide bonds. The molecule has 0 fully saturated rings. The van der Waals surface area contributed by atoms with Gasteiger partial charge in [-0.05, 0) is 48.5 Å². The Bertz CT molecular complexity index is 1120. The second-order valence-electron chi connectivity index (χ2n) is 5.87. The maximum absolute atomic E-state index is 12.5. The number of pyridine rings is 1. The summed E-state index contributed by atoms with van der Waals surface area (Å²) in [6, 6.07) is 15.6. The highest BCUT2D eigenvalue weighted by atomic mass is 16.2. The molecule has 4 rings (SSSR count). The molecular formula is C20H15N5O2. The van der Waals surface area contributed by atoms with Crippen molar-refractivity contribution in [3.05, 3.63) is 84.4 Å². The van der Waals surface area contributed by atoms with Crippen molar-refractivity contribution < 1.29 is 9.59 Å². The summed E-state index contributed by atoms with van der Waals surface area (Å²) in [6.45, 7) is 0. The van der Waals surface area contributed by atoms with Gasteiger partial charge in [0, 0.05) is 29.3 Å². The number of nitrogens with one attached hydrogen (secondary N) is 3. The summed E-state index contributed by atoms with van der Waals surface area (Å²) >= 11 is 0. The number of rotatable bonds is 4. The number of benzene rings is 2. The zero-order valence-corrected chi connectivity index (χ0v) is 14.1. The molecule has 0 saturated heterocycles. The first-order valence-electron chi connectivity index (χ1n) is 8.25. The van der Waals surface area contributed by atoms with Crippen LogP contribution in [0.2, 0.25) is 0 Å². The third-order valence-corrected chi connectivity index (χ3v) is 3.98. The summed E-state index contributed by atoms with van der Waals surface area (Å²) < 4.78 is 0. The average Bonchev–Trinajstić information content (AvgIpc) is 3.16. The van der Waals surface area contributed by atoms with Gasteiger partial charge in [-0.3, -0.25) is 14.6 Å². The van der Waals surface area contributed by atoms with E-state index in [4.69, 9.17) is 0 Å². The number of aromatic nitrogens is 3. The van der Waals surface area contributed by atoms with Crippen LogP contribution in [0.5, 0.6) is 0 Å². The number of hydrogen-bond donors (Lipinski definition) is 3. The predicted molar refractivity (Wildman–Crippen MR) is 103 cm³/mol. The topological polar surface area (TPSA) is 99.8 Å². The molecular weight excluding hydrogens is 342 g/mol. The molecule has 4 aromatic rings.